The van der Waals surface area contributed by atoms with Crippen LogP contribution in [-0.2, 0) is 10.0 Å². The molecule has 5 nitrogen and oxygen atoms in total. The fourth-order valence-electron chi connectivity index (χ4n) is 1.93. The lowest BCUT2D eigenvalue weighted by atomic mass is 10.4. The Balaban J connectivity index is 2.06. The molecule has 1 atom stereocenters. The molecular weight excluding hydrogens is 265 g/mol. The molecule has 1 saturated heterocycles. The van der Waals surface area contributed by atoms with E-state index in [4.69, 9.17) is 0 Å². The van der Waals surface area contributed by atoms with Crippen LogP contribution in [0.3, 0.4) is 0 Å². The standard InChI is InChI=1S/C9H10FN3O2S2/c10-7-1-2-12(6-7)17(14,15)8-5-11-9-13(8)3-4-16-9/h3-5,7H,1-2,6H2/t7-/m0/s1. The molecule has 3 rings (SSSR count). The summed E-state index contributed by atoms with van der Waals surface area (Å²) in [6, 6.07) is 0. The van der Waals surface area contributed by atoms with Gasteiger partial charge in [-0.1, -0.05) is 0 Å². The van der Waals surface area contributed by atoms with Gasteiger partial charge in [0.15, 0.2) is 9.99 Å². The fraction of sp³-hybridized carbons (Fsp3) is 0.444. The van der Waals surface area contributed by atoms with E-state index in [2.05, 4.69) is 4.98 Å². The van der Waals surface area contributed by atoms with Crippen LogP contribution >= 0.6 is 11.3 Å². The minimum Gasteiger partial charge on any atom is -0.280 e. The molecule has 0 spiro atoms. The predicted molar refractivity (Wildman–Crippen MR) is 61.3 cm³/mol. The lowest BCUT2D eigenvalue weighted by Crippen LogP contribution is -2.29. The lowest BCUT2D eigenvalue weighted by molar-refractivity contribution is 0.343. The van der Waals surface area contributed by atoms with Crippen LogP contribution < -0.4 is 0 Å². The van der Waals surface area contributed by atoms with E-state index in [1.807, 2.05) is 0 Å². The van der Waals surface area contributed by atoms with Gasteiger partial charge < -0.3 is 0 Å². The minimum atomic E-state index is -3.62. The summed E-state index contributed by atoms with van der Waals surface area (Å²) in [6.45, 7) is 0.181. The second kappa shape index (κ2) is 3.76. The molecule has 0 aromatic carbocycles. The molecule has 1 aliphatic heterocycles. The van der Waals surface area contributed by atoms with Crippen molar-refractivity contribution in [1.82, 2.24) is 13.7 Å². The van der Waals surface area contributed by atoms with Crippen molar-refractivity contribution in [2.75, 3.05) is 13.1 Å². The molecule has 2 aromatic rings. The maximum Gasteiger partial charge on any atom is 0.260 e. The van der Waals surface area contributed by atoms with Crippen molar-refractivity contribution in [2.45, 2.75) is 17.6 Å². The van der Waals surface area contributed by atoms with Crippen LogP contribution in [0.1, 0.15) is 6.42 Å². The van der Waals surface area contributed by atoms with Gasteiger partial charge >= 0.3 is 0 Å². The first-order chi connectivity index (χ1) is 8.09. The SMILES string of the molecule is O=S(=O)(c1cnc2sccn12)N1CC[C@H](F)C1. The first kappa shape index (κ1) is 11.1. The number of thiazole rings is 1. The summed E-state index contributed by atoms with van der Waals surface area (Å²) < 4.78 is 40.3. The van der Waals surface area contributed by atoms with Crippen LogP contribution in [0.15, 0.2) is 22.8 Å². The molecular formula is C9H10FN3O2S2. The third-order valence-corrected chi connectivity index (χ3v) is 5.42. The van der Waals surface area contributed by atoms with Crippen LogP contribution in [0.25, 0.3) is 4.96 Å². The van der Waals surface area contributed by atoms with Crippen molar-refractivity contribution >= 4 is 26.3 Å². The number of fused-ring (bicyclic) bond motifs is 1. The molecule has 0 aliphatic carbocycles. The number of hydrogen-bond donors (Lipinski definition) is 0. The van der Waals surface area contributed by atoms with Crippen molar-refractivity contribution in [1.29, 1.82) is 0 Å². The van der Waals surface area contributed by atoms with Gasteiger partial charge in [-0.25, -0.2) is 17.8 Å². The zero-order valence-electron chi connectivity index (χ0n) is 8.78. The highest BCUT2D eigenvalue weighted by Crippen LogP contribution is 2.24. The Kier molecular flexibility index (Phi) is 2.46. The van der Waals surface area contributed by atoms with Gasteiger partial charge in [0.05, 0.1) is 6.20 Å². The average molecular weight is 275 g/mol. The largest absolute Gasteiger partial charge is 0.280 e. The van der Waals surface area contributed by atoms with Crippen LogP contribution in [0.2, 0.25) is 0 Å². The van der Waals surface area contributed by atoms with Crippen molar-refractivity contribution in [3.8, 4) is 0 Å². The van der Waals surface area contributed by atoms with E-state index in [9.17, 15) is 12.8 Å². The summed E-state index contributed by atoms with van der Waals surface area (Å²) in [4.78, 5) is 4.64. The van der Waals surface area contributed by atoms with Crippen LogP contribution in [0, 0.1) is 0 Å². The molecule has 1 aliphatic rings. The Morgan fingerprint density at radius 1 is 1.53 bits per heavy atom. The Bertz CT molecular complexity index is 648. The van der Waals surface area contributed by atoms with Gasteiger partial charge in [-0.05, 0) is 6.42 Å². The van der Waals surface area contributed by atoms with Gasteiger partial charge in [0, 0.05) is 24.7 Å². The van der Waals surface area contributed by atoms with E-state index in [1.54, 1.807) is 11.6 Å². The summed E-state index contributed by atoms with van der Waals surface area (Å²) in [5.41, 5.74) is 0. The Morgan fingerprint density at radius 2 is 2.35 bits per heavy atom. The third kappa shape index (κ3) is 1.67. The number of rotatable bonds is 2. The third-order valence-electron chi connectivity index (χ3n) is 2.81. The number of alkyl halides is 1. The van der Waals surface area contributed by atoms with E-state index in [-0.39, 0.29) is 24.5 Å². The Hall–Kier alpha value is -0.990. The topological polar surface area (TPSA) is 54.7 Å². The highest BCUT2D eigenvalue weighted by atomic mass is 32.2. The minimum absolute atomic E-state index is 0.0558. The number of nitrogens with zero attached hydrogens (tertiary/aromatic N) is 3. The van der Waals surface area contributed by atoms with Crippen molar-refractivity contribution in [3.05, 3.63) is 17.8 Å². The summed E-state index contributed by atoms with van der Waals surface area (Å²) in [6.07, 6.45) is 2.19. The van der Waals surface area contributed by atoms with E-state index in [0.29, 0.717) is 4.96 Å². The molecule has 0 unspecified atom stereocenters. The van der Waals surface area contributed by atoms with Gasteiger partial charge in [0.25, 0.3) is 10.0 Å². The van der Waals surface area contributed by atoms with Gasteiger partial charge in [0.2, 0.25) is 0 Å². The number of aromatic nitrogens is 2. The quantitative estimate of drug-likeness (QED) is 0.825. The van der Waals surface area contributed by atoms with Crippen LogP contribution in [0.4, 0.5) is 4.39 Å². The molecule has 0 amide bonds. The molecule has 0 radical (unpaired) electrons. The second-order valence-electron chi connectivity index (χ2n) is 3.90. The lowest BCUT2D eigenvalue weighted by Gasteiger charge is -2.14. The smallest absolute Gasteiger partial charge is 0.260 e. The van der Waals surface area contributed by atoms with E-state index < -0.39 is 16.2 Å². The van der Waals surface area contributed by atoms with Crippen LogP contribution in [0.5, 0.6) is 0 Å². The zero-order valence-corrected chi connectivity index (χ0v) is 10.4. The van der Waals surface area contributed by atoms with Gasteiger partial charge in [-0.15, -0.1) is 11.3 Å². The molecule has 2 aromatic heterocycles. The molecule has 17 heavy (non-hydrogen) atoms. The zero-order chi connectivity index (χ0) is 12.0. The molecule has 92 valence electrons. The maximum absolute atomic E-state index is 13.1. The van der Waals surface area contributed by atoms with E-state index >= 15 is 0 Å². The number of imidazole rings is 1. The van der Waals surface area contributed by atoms with E-state index in [1.165, 1.54) is 26.2 Å². The first-order valence-electron chi connectivity index (χ1n) is 5.14. The molecule has 0 N–H and O–H groups in total. The number of sulfonamides is 1. The van der Waals surface area contributed by atoms with Crippen LogP contribution in [-0.4, -0.2) is 41.4 Å². The molecule has 0 bridgehead atoms. The van der Waals surface area contributed by atoms with E-state index in [0.717, 1.165) is 0 Å². The van der Waals surface area contributed by atoms with Crippen molar-refractivity contribution in [2.24, 2.45) is 0 Å². The molecule has 3 heterocycles. The van der Waals surface area contributed by atoms with Gasteiger partial charge in [-0.3, -0.25) is 4.40 Å². The highest BCUT2D eigenvalue weighted by Gasteiger charge is 2.34. The van der Waals surface area contributed by atoms with Gasteiger partial charge in [0.1, 0.15) is 6.17 Å². The highest BCUT2D eigenvalue weighted by molar-refractivity contribution is 7.89. The summed E-state index contributed by atoms with van der Waals surface area (Å²) in [5, 5.41) is 1.88. The maximum atomic E-state index is 13.1. The van der Waals surface area contributed by atoms with Crippen molar-refractivity contribution < 1.29 is 12.8 Å². The first-order valence-corrected chi connectivity index (χ1v) is 7.46. The number of halogens is 1. The Morgan fingerprint density at radius 3 is 3.06 bits per heavy atom. The molecule has 1 fully saturated rings. The second-order valence-corrected chi connectivity index (χ2v) is 6.66. The monoisotopic (exact) mass is 275 g/mol. The summed E-state index contributed by atoms with van der Waals surface area (Å²) in [7, 11) is -3.62. The average Bonchev–Trinajstić information content (AvgIpc) is 2.89. The van der Waals surface area contributed by atoms with Crippen molar-refractivity contribution in [3.63, 3.8) is 0 Å². The summed E-state index contributed by atoms with van der Waals surface area (Å²) >= 11 is 1.36. The Labute approximate surface area is 102 Å². The molecule has 8 heteroatoms. The number of hydrogen-bond acceptors (Lipinski definition) is 4. The molecule has 0 saturated carbocycles. The summed E-state index contributed by atoms with van der Waals surface area (Å²) in [5.74, 6) is 0. The predicted octanol–water partition coefficient (Wildman–Crippen LogP) is 1.13. The fourth-order valence-corrected chi connectivity index (χ4v) is 4.23. The van der Waals surface area contributed by atoms with Gasteiger partial charge in [-0.2, -0.15) is 4.31 Å². The normalized spacial score (nSPS) is 22.5.